The van der Waals surface area contributed by atoms with E-state index in [1.54, 1.807) is 0 Å². The van der Waals surface area contributed by atoms with E-state index < -0.39 is 0 Å². The monoisotopic (exact) mass is 709 g/mol. The molecule has 9 aromatic carbocycles. The van der Waals surface area contributed by atoms with Gasteiger partial charge in [0.1, 0.15) is 0 Å². The Morgan fingerprint density at radius 2 is 0.849 bits per heavy atom. The van der Waals surface area contributed by atoms with Gasteiger partial charge in [0.05, 0.1) is 5.69 Å². The molecule has 11 rings (SSSR count). The molecule has 1 nitrogen and oxygen atoms in total. The number of anilines is 3. The van der Waals surface area contributed by atoms with Crippen LogP contribution in [0, 0.1) is 0 Å². The predicted octanol–water partition coefficient (Wildman–Crippen LogP) is 15.5. The van der Waals surface area contributed by atoms with Crippen LogP contribution in [0.1, 0.15) is 0 Å². The Kier molecular flexibility index (Phi) is 6.97. The maximum absolute atomic E-state index is 2.44. The molecule has 53 heavy (non-hydrogen) atoms. The molecule has 0 unspecified atom stereocenters. The van der Waals surface area contributed by atoms with Gasteiger partial charge in [-0.05, 0) is 104 Å². The van der Waals surface area contributed by atoms with Crippen LogP contribution in [0.3, 0.4) is 0 Å². The molecular formula is C50H31NS2. The molecular weight excluding hydrogens is 679 g/mol. The zero-order chi connectivity index (χ0) is 34.9. The van der Waals surface area contributed by atoms with Crippen molar-refractivity contribution < 1.29 is 0 Å². The SMILES string of the molecule is c1ccc2cc3c(cc2c1)sc1cccc(-c2ccc(N(c4ccc(-c5cccc6ccccc56)cc4)c4cccc5sc6ccccc6c45)cc2)c13. The Bertz CT molecular complexity index is 3160. The molecule has 0 aliphatic heterocycles. The third-order valence-electron chi connectivity index (χ3n) is 10.6. The fourth-order valence-corrected chi connectivity index (χ4v) is 10.5. The van der Waals surface area contributed by atoms with E-state index in [-0.39, 0.29) is 0 Å². The van der Waals surface area contributed by atoms with Crippen LogP contribution in [-0.2, 0) is 0 Å². The summed E-state index contributed by atoms with van der Waals surface area (Å²) in [5, 5.41) is 10.3. The van der Waals surface area contributed by atoms with Crippen LogP contribution in [0.2, 0.25) is 0 Å². The summed E-state index contributed by atoms with van der Waals surface area (Å²) >= 11 is 3.75. The van der Waals surface area contributed by atoms with E-state index in [9.17, 15) is 0 Å². The first-order valence-corrected chi connectivity index (χ1v) is 19.6. The van der Waals surface area contributed by atoms with Crippen LogP contribution in [0.25, 0.3) is 84.1 Å². The van der Waals surface area contributed by atoms with Crippen molar-refractivity contribution in [2.24, 2.45) is 0 Å². The van der Waals surface area contributed by atoms with E-state index in [1.807, 2.05) is 22.7 Å². The van der Waals surface area contributed by atoms with Gasteiger partial charge in [0, 0.05) is 51.7 Å². The van der Waals surface area contributed by atoms with Crippen molar-refractivity contribution in [3.63, 3.8) is 0 Å². The van der Waals surface area contributed by atoms with E-state index in [1.165, 1.54) is 89.8 Å². The molecule has 0 radical (unpaired) electrons. The quantitative estimate of drug-likeness (QED) is 0.172. The van der Waals surface area contributed by atoms with Crippen molar-refractivity contribution in [2.45, 2.75) is 0 Å². The molecule has 0 aliphatic carbocycles. The average molecular weight is 710 g/mol. The van der Waals surface area contributed by atoms with Gasteiger partial charge in [-0.15, -0.1) is 22.7 Å². The van der Waals surface area contributed by atoms with Gasteiger partial charge in [-0.2, -0.15) is 0 Å². The minimum atomic E-state index is 1.13. The van der Waals surface area contributed by atoms with Gasteiger partial charge < -0.3 is 4.90 Å². The lowest BCUT2D eigenvalue weighted by Crippen LogP contribution is -2.10. The number of hydrogen-bond acceptors (Lipinski definition) is 3. The summed E-state index contributed by atoms with van der Waals surface area (Å²) in [7, 11) is 0. The van der Waals surface area contributed by atoms with Crippen LogP contribution in [0.4, 0.5) is 17.1 Å². The predicted molar refractivity (Wildman–Crippen MR) is 233 cm³/mol. The topological polar surface area (TPSA) is 3.24 Å². The first kappa shape index (κ1) is 30.4. The van der Waals surface area contributed by atoms with Gasteiger partial charge in [-0.3, -0.25) is 0 Å². The fourth-order valence-electron chi connectivity index (χ4n) is 8.18. The number of rotatable bonds is 5. The molecule has 0 atom stereocenters. The van der Waals surface area contributed by atoms with Gasteiger partial charge in [0.25, 0.3) is 0 Å². The Labute approximate surface area is 315 Å². The van der Waals surface area contributed by atoms with E-state index in [4.69, 9.17) is 0 Å². The standard InChI is InChI=1S/C50H31NS2/c1-2-12-36-31-48-43(30-35(36)11-1)49-41(17-8-20-46(49)53-48)34-24-28-38(29-25-34)51(44-18-9-21-47-50(44)42-15-5-6-19-45(42)52-47)37-26-22-33(23-27-37)40-16-7-13-32-10-3-4-14-39(32)40/h1-31H. The van der Waals surface area contributed by atoms with E-state index in [2.05, 4.69) is 193 Å². The van der Waals surface area contributed by atoms with Gasteiger partial charge in [-0.25, -0.2) is 0 Å². The highest BCUT2D eigenvalue weighted by atomic mass is 32.1. The lowest BCUT2D eigenvalue weighted by Gasteiger charge is -2.27. The second kappa shape index (κ2) is 12.2. The van der Waals surface area contributed by atoms with Crippen LogP contribution in [-0.4, -0.2) is 0 Å². The van der Waals surface area contributed by atoms with E-state index >= 15 is 0 Å². The van der Waals surface area contributed by atoms with E-state index in [0.29, 0.717) is 0 Å². The summed E-state index contributed by atoms with van der Waals surface area (Å²) in [6.07, 6.45) is 0. The van der Waals surface area contributed by atoms with Crippen molar-refractivity contribution in [1.82, 2.24) is 0 Å². The highest BCUT2D eigenvalue weighted by Crippen LogP contribution is 2.46. The summed E-state index contributed by atoms with van der Waals surface area (Å²) < 4.78 is 5.25. The van der Waals surface area contributed by atoms with Crippen LogP contribution >= 0.6 is 22.7 Å². The molecule has 0 aliphatic rings. The third-order valence-corrected chi connectivity index (χ3v) is 12.9. The molecule has 0 saturated carbocycles. The lowest BCUT2D eigenvalue weighted by molar-refractivity contribution is 1.30. The first-order valence-electron chi connectivity index (χ1n) is 18.0. The smallest absolute Gasteiger partial charge is 0.0554 e. The van der Waals surface area contributed by atoms with Crippen molar-refractivity contribution in [1.29, 1.82) is 0 Å². The van der Waals surface area contributed by atoms with Crippen LogP contribution in [0.5, 0.6) is 0 Å². The van der Waals surface area contributed by atoms with Crippen LogP contribution < -0.4 is 4.90 Å². The van der Waals surface area contributed by atoms with Crippen molar-refractivity contribution in [3.05, 3.63) is 188 Å². The zero-order valence-electron chi connectivity index (χ0n) is 28.7. The molecule has 0 N–H and O–H groups in total. The largest absolute Gasteiger partial charge is 0.310 e. The molecule has 0 saturated heterocycles. The Hall–Kier alpha value is -6.26. The van der Waals surface area contributed by atoms with Crippen molar-refractivity contribution >= 4 is 102 Å². The first-order chi connectivity index (χ1) is 26.3. The Balaban J connectivity index is 1.07. The molecule has 0 fully saturated rings. The molecule has 0 spiro atoms. The summed E-state index contributed by atoms with van der Waals surface area (Å²) in [5.41, 5.74) is 8.39. The fraction of sp³-hybridized carbons (Fsp3) is 0. The zero-order valence-corrected chi connectivity index (χ0v) is 30.3. The second-order valence-corrected chi connectivity index (χ2v) is 15.8. The maximum Gasteiger partial charge on any atom is 0.0554 e. The van der Waals surface area contributed by atoms with Crippen molar-refractivity contribution in [2.75, 3.05) is 4.90 Å². The Morgan fingerprint density at radius 1 is 0.321 bits per heavy atom. The number of nitrogens with zero attached hydrogens (tertiary/aromatic N) is 1. The summed E-state index contributed by atoms with van der Waals surface area (Å²) in [4.78, 5) is 2.44. The molecule has 0 bridgehead atoms. The van der Waals surface area contributed by atoms with Gasteiger partial charge in [0.15, 0.2) is 0 Å². The number of thiophene rings is 2. The number of hydrogen-bond donors (Lipinski definition) is 0. The number of fused-ring (bicyclic) bond motifs is 8. The highest BCUT2D eigenvalue weighted by molar-refractivity contribution is 7.26. The molecule has 11 aromatic rings. The molecule has 3 heteroatoms. The normalized spacial score (nSPS) is 11.8. The molecule has 2 heterocycles. The molecule has 2 aromatic heterocycles. The Morgan fingerprint density at radius 3 is 1.62 bits per heavy atom. The van der Waals surface area contributed by atoms with Gasteiger partial charge >= 0.3 is 0 Å². The maximum atomic E-state index is 2.44. The minimum absolute atomic E-state index is 1.13. The van der Waals surface area contributed by atoms with Gasteiger partial charge in [0.2, 0.25) is 0 Å². The second-order valence-electron chi connectivity index (χ2n) is 13.7. The molecule has 248 valence electrons. The highest BCUT2D eigenvalue weighted by Gasteiger charge is 2.19. The molecule has 0 amide bonds. The van der Waals surface area contributed by atoms with Crippen molar-refractivity contribution in [3.8, 4) is 22.3 Å². The summed E-state index contributed by atoms with van der Waals surface area (Å²) in [6.45, 7) is 0. The lowest BCUT2D eigenvalue weighted by atomic mass is 9.97. The summed E-state index contributed by atoms with van der Waals surface area (Å²) in [5.74, 6) is 0. The summed E-state index contributed by atoms with van der Waals surface area (Å²) in [6, 6.07) is 69.2. The van der Waals surface area contributed by atoms with Crippen LogP contribution in [0.15, 0.2) is 188 Å². The minimum Gasteiger partial charge on any atom is -0.310 e. The number of benzene rings is 9. The average Bonchev–Trinajstić information content (AvgIpc) is 3.79. The van der Waals surface area contributed by atoms with Gasteiger partial charge in [-0.1, -0.05) is 127 Å². The third kappa shape index (κ3) is 4.97. The van der Waals surface area contributed by atoms with E-state index in [0.717, 1.165) is 11.4 Å².